The monoisotopic (exact) mass is 250 g/mol. The molecule has 102 valence electrons. The van der Waals surface area contributed by atoms with Crippen LogP contribution in [0.2, 0.25) is 0 Å². The van der Waals surface area contributed by atoms with Crippen molar-refractivity contribution in [2.24, 2.45) is 11.3 Å². The molecule has 1 aromatic heterocycles. The fourth-order valence-corrected chi connectivity index (χ4v) is 3.07. The zero-order valence-electron chi connectivity index (χ0n) is 12.3. The number of hydrogen-bond donors (Lipinski definition) is 1. The maximum absolute atomic E-state index is 10.3. The second-order valence-electron chi connectivity index (χ2n) is 6.83. The second kappa shape index (κ2) is 4.69. The summed E-state index contributed by atoms with van der Waals surface area (Å²) in [4.78, 5) is 4.36. The molecule has 3 atom stereocenters. The number of aliphatic hydroxyl groups is 1. The highest BCUT2D eigenvalue weighted by Gasteiger charge is 2.36. The molecule has 0 amide bonds. The molecule has 1 fully saturated rings. The summed E-state index contributed by atoms with van der Waals surface area (Å²) in [5, 5.41) is 10.3. The van der Waals surface area contributed by atoms with Crippen LogP contribution >= 0.6 is 0 Å². The van der Waals surface area contributed by atoms with Crippen molar-refractivity contribution in [2.75, 3.05) is 0 Å². The quantitative estimate of drug-likeness (QED) is 0.831. The van der Waals surface area contributed by atoms with Gasteiger partial charge in [-0.25, -0.2) is 4.98 Å². The van der Waals surface area contributed by atoms with Crippen LogP contribution in [0.3, 0.4) is 0 Å². The van der Waals surface area contributed by atoms with Crippen LogP contribution in [0, 0.1) is 25.2 Å². The number of aromatic nitrogens is 2. The normalized spacial score (nSPS) is 29.6. The Morgan fingerprint density at radius 3 is 2.44 bits per heavy atom. The predicted octanol–water partition coefficient (Wildman–Crippen LogP) is 3.25. The van der Waals surface area contributed by atoms with Crippen molar-refractivity contribution in [3.63, 3.8) is 0 Å². The third kappa shape index (κ3) is 2.46. The van der Waals surface area contributed by atoms with Crippen LogP contribution in [-0.2, 0) is 0 Å². The van der Waals surface area contributed by atoms with E-state index >= 15 is 0 Å². The van der Waals surface area contributed by atoms with Gasteiger partial charge in [0, 0.05) is 5.69 Å². The van der Waals surface area contributed by atoms with Crippen molar-refractivity contribution in [2.45, 2.75) is 66.0 Å². The summed E-state index contributed by atoms with van der Waals surface area (Å²) in [5.41, 5.74) is 2.58. The molecule has 0 bridgehead atoms. The number of aryl methyl sites for hydroxylation is 1. The summed E-state index contributed by atoms with van der Waals surface area (Å²) in [6.07, 6.45) is 4.76. The molecule has 0 spiro atoms. The van der Waals surface area contributed by atoms with Crippen LogP contribution in [0.25, 0.3) is 0 Å². The predicted molar refractivity (Wildman–Crippen MR) is 73.5 cm³/mol. The molecule has 0 aliphatic heterocycles. The van der Waals surface area contributed by atoms with E-state index in [4.69, 9.17) is 0 Å². The van der Waals surface area contributed by atoms with Crippen molar-refractivity contribution in [1.82, 2.24) is 9.55 Å². The SMILES string of the molecule is Cc1ncn(C2CC(C(C)(C)C)CCC2O)c1C. The largest absolute Gasteiger partial charge is 0.391 e. The molecule has 1 heterocycles. The van der Waals surface area contributed by atoms with Gasteiger partial charge in [0.2, 0.25) is 0 Å². The Labute approximate surface area is 110 Å². The summed E-state index contributed by atoms with van der Waals surface area (Å²) in [6, 6.07) is 0.198. The lowest BCUT2D eigenvalue weighted by Crippen LogP contribution is -2.36. The maximum Gasteiger partial charge on any atom is 0.0954 e. The van der Waals surface area contributed by atoms with Gasteiger partial charge in [-0.3, -0.25) is 0 Å². The molecule has 0 aromatic carbocycles. The Balaban J connectivity index is 2.23. The molecule has 1 aliphatic carbocycles. The fourth-order valence-electron chi connectivity index (χ4n) is 3.07. The molecule has 3 heteroatoms. The lowest BCUT2D eigenvalue weighted by atomic mass is 9.70. The minimum atomic E-state index is -0.226. The average molecular weight is 250 g/mol. The highest BCUT2D eigenvalue weighted by Crippen LogP contribution is 2.42. The molecule has 1 aliphatic rings. The Morgan fingerprint density at radius 2 is 1.94 bits per heavy atom. The molecule has 3 nitrogen and oxygen atoms in total. The molecule has 2 rings (SSSR count). The third-order valence-electron chi connectivity index (χ3n) is 4.65. The van der Waals surface area contributed by atoms with Gasteiger partial charge in [-0.2, -0.15) is 0 Å². The van der Waals surface area contributed by atoms with E-state index in [2.05, 4.69) is 37.2 Å². The second-order valence-corrected chi connectivity index (χ2v) is 6.83. The number of imidazole rings is 1. The highest BCUT2D eigenvalue weighted by atomic mass is 16.3. The van der Waals surface area contributed by atoms with Gasteiger partial charge in [-0.15, -0.1) is 0 Å². The van der Waals surface area contributed by atoms with Crippen molar-refractivity contribution >= 4 is 0 Å². The summed E-state index contributed by atoms with van der Waals surface area (Å²) in [7, 11) is 0. The van der Waals surface area contributed by atoms with Gasteiger partial charge in [0.15, 0.2) is 0 Å². The van der Waals surface area contributed by atoms with Crippen LogP contribution in [-0.4, -0.2) is 20.8 Å². The molecule has 18 heavy (non-hydrogen) atoms. The van der Waals surface area contributed by atoms with Crippen LogP contribution in [0.1, 0.15) is 57.5 Å². The first kappa shape index (κ1) is 13.6. The van der Waals surface area contributed by atoms with Gasteiger partial charge in [0.1, 0.15) is 0 Å². The average Bonchev–Trinajstić information content (AvgIpc) is 2.59. The van der Waals surface area contributed by atoms with Crippen LogP contribution in [0.4, 0.5) is 0 Å². The Bertz CT molecular complexity index is 417. The minimum Gasteiger partial charge on any atom is -0.391 e. The Morgan fingerprint density at radius 1 is 1.28 bits per heavy atom. The van der Waals surface area contributed by atoms with Crippen molar-refractivity contribution in [3.05, 3.63) is 17.7 Å². The molecule has 1 saturated carbocycles. The van der Waals surface area contributed by atoms with E-state index in [9.17, 15) is 5.11 Å². The molecular formula is C15H26N2O. The van der Waals surface area contributed by atoms with E-state index in [-0.39, 0.29) is 12.1 Å². The highest BCUT2D eigenvalue weighted by molar-refractivity contribution is 5.11. The first-order chi connectivity index (χ1) is 8.30. The van der Waals surface area contributed by atoms with Gasteiger partial charge >= 0.3 is 0 Å². The maximum atomic E-state index is 10.3. The van der Waals surface area contributed by atoms with Gasteiger partial charge in [0.25, 0.3) is 0 Å². The van der Waals surface area contributed by atoms with E-state index in [0.717, 1.165) is 25.0 Å². The molecule has 1 aromatic rings. The molecule has 0 radical (unpaired) electrons. The van der Waals surface area contributed by atoms with Gasteiger partial charge in [-0.05, 0) is 44.4 Å². The summed E-state index contributed by atoms with van der Waals surface area (Å²) in [6.45, 7) is 11.0. The molecular weight excluding hydrogens is 224 g/mol. The van der Waals surface area contributed by atoms with E-state index in [1.165, 1.54) is 5.69 Å². The van der Waals surface area contributed by atoms with Crippen LogP contribution < -0.4 is 0 Å². The first-order valence-corrected chi connectivity index (χ1v) is 6.99. The van der Waals surface area contributed by atoms with Crippen LogP contribution in [0.15, 0.2) is 6.33 Å². The fraction of sp³-hybridized carbons (Fsp3) is 0.800. The third-order valence-corrected chi connectivity index (χ3v) is 4.65. The lowest BCUT2D eigenvalue weighted by Gasteiger charge is -2.40. The summed E-state index contributed by atoms with van der Waals surface area (Å²) >= 11 is 0. The van der Waals surface area contributed by atoms with E-state index in [1.54, 1.807) is 0 Å². The molecule has 0 saturated heterocycles. The summed E-state index contributed by atoms with van der Waals surface area (Å²) in [5.74, 6) is 0.674. The standard InChI is InChI=1S/C15H26N2O/c1-10-11(2)17(9-16-10)13-8-12(15(3,4)5)6-7-14(13)18/h9,12-14,18H,6-8H2,1-5H3. The van der Waals surface area contributed by atoms with E-state index < -0.39 is 0 Å². The Kier molecular flexibility index (Phi) is 3.54. The number of aliphatic hydroxyl groups excluding tert-OH is 1. The van der Waals surface area contributed by atoms with E-state index in [1.807, 2.05) is 13.3 Å². The van der Waals surface area contributed by atoms with Crippen molar-refractivity contribution in [1.29, 1.82) is 0 Å². The topological polar surface area (TPSA) is 38.0 Å². The van der Waals surface area contributed by atoms with Gasteiger partial charge < -0.3 is 9.67 Å². The first-order valence-electron chi connectivity index (χ1n) is 6.99. The Hall–Kier alpha value is -0.830. The number of rotatable bonds is 1. The van der Waals surface area contributed by atoms with Crippen molar-refractivity contribution in [3.8, 4) is 0 Å². The van der Waals surface area contributed by atoms with E-state index in [0.29, 0.717) is 11.3 Å². The van der Waals surface area contributed by atoms with Crippen LogP contribution in [0.5, 0.6) is 0 Å². The zero-order valence-corrected chi connectivity index (χ0v) is 12.3. The zero-order chi connectivity index (χ0) is 13.5. The molecule has 3 unspecified atom stereocenters. The molecule has 1 N–H and O–H groups in total. The smallest absolute Gasteiger partial charge is 0.0954 e. The van der Waals surface area contributed by atoms with Crippen molar-refractivity contribution < 1.29 is 5.11 Å². The van der Waals surface area contributed by atoms with Gasteiger partial charge in [0.05, 0.1) is 24.2 Å². The lowest BCUT2D eigenvalue weighted by molar-refractivity contribution is 0.0245. The number of hydrogen-bond acceptors (Lipinski definition) is 2. The summed E-state index contributed by atoms with van der Waals surface area (Å²) < 4.78 is 2.18. The number of nitrogens with zero attached hydrogens (tertiary/aromatic N) is 2. The van der Waals surface area contributed by atoms with Gasteiger partial charge in [-0.1, -0.05) is 20.8 Å². The minimum absolute atomic E-state index is 0.198.